The van der Waals surface area contributed by atoms with E-state index in [0.717, 1.165) is 44.9 Å². The molecular weight excluding hydrogens is 767 g/mol. The number of para-hydroxylation sites is 2. The summed E-state index contributed by atoms with van der Waals surface area (Å²) in [6.07, 6.45) is 0. The molecule has 0 fully saturated rings. The summed E-state index contributed by atoms with van der Waals surface area (Å²) in [6.45, 7) is 4.78. The molecule has 0 radical (unpaired) electrons. The molecule has 12 rings (SSSR count). The highest BCUT2D eigenvalue weighted by Gasteiger charge is 2.37. The predicted octanol–water partition coefficient (Wildman–Crippen LogP) is 14.9. The van der Waals surface area contributed by atoms with Gasteiger partial charge in [0, 0.05) is 49.9 Å². The molecule has 5 nitrogen and oxygen atoms in total. The average molecular weight is 808 g/mol. The van der Waals surface area contributed by atoms with Gasteiger partial charge in [0.05, 0.1) is 16.7 Å². The maximum atomic E-state index is 5.06. The van der Waals surface area contributed by atoms with Crippen LogP contribution in [0.1, 0.15) is 25.0 Å². The van der Waals surface area contributed by atoms with Gasteiger partial charge in [-0.25, -0.2) is 15.0 Å². The van der Waals surface area contributed by atoms with Crippen LogP contribution in [0.4, 0.5) is 17.1 Å². The maximum absolute atomic E-state index is 5.06. The van der Waals surface area contributed by atoms with Gasteiger partial charge in [-0.3, -0.25) is 0 Å². The van der Waals surface area contributed by atoms with E-state index in [4.69, 9.17) is 15.0 Å². The molecule has 0 spiro atoms. The molecule has 5 heteroatoms. The second-order valence-corrected chi connectivity index (χ2v) is 16.9. The molecule has 0 atom stereocenters. The van der Waals surface area contributed by atoms with Gasteiger partial charge >= 0.3 is 0 Å². The molecule has 0 unspecified atom stereocenters. The van der Waals surface area contributed by atoms with Crippen molar-refractivity contribution in [3.63, 3.8) is 0 Å². The Hall–Kier alpha value is -8.15. The Morgan fingerprint density at radius 1 is 0.397 bits per heavy atom. The van der Waals surface area contributed by atoms with Crippen LogP contribution in [0.5, 0.6) is 0 Å². The van der Waals surface area contributed by atoms with Crippen LogP contribution in [0.3, 0.4) is 0 Å². The van der Waals surface area contributed by atoms with Crippen LogP contribution in [0, 0.1) is 0 Å². The van der Waals surface area contributed by atoms with E-state index in [9.17, 15) is 0 Å². The number of fused-ring (bicyclic) bond motifs is 7. The number of hydrogen-bond donors (Lipinski definition) is 0. The largest absolute Gasteiger partial charge is 0.310 e. The van der Waals surface area contributed by atoms with Crippen molar-refractivity contribution in [2.45, 2.75) is 19.3 Å². The summed E-state index contributed by atoms with van der Waals surface area (Å²) in [5.74, 6) is 1.93. The molecule has 2 aromatic heterocycles. The number of aromatic nitrogens is 4. The lowest BCUT2D eigenvalue weighted by Crippen LogP contribution is -2.27. The van der Waals surface area contributed by atoms with Crippen molar-refractivity contribution in [3.8, 4) is 51.0 Å². The first-order valence-corrected chi connectivity index (χ1v) is 21.5. The Morgan fingerprint density at radius 2 is 0.937 bits per heavy atom. The monoisotopic (exact) mass is 807 g/mol. The molecule has 9 aromatic carbocycles. The molecule has 63 heavy (non-hydrogen) atoms. The molecule has 298 valence electrons. The predicted molar refractivity (Wildman–Crippen MR) is 260 cm³/mol. The topological polar surface area (TPSA) is 46.8 Å². The third kappa shape index (κ3) is 6.04. The maximum Gasteiger partial charge on any atom is 0.164 e. The van der Waals surface area contributed by atoms with Gasteiger partial charge in [-0.15, -0.1) is 0 Å². The molecule has 1 aliphatic rings. The van der Waals surface area contributed by atoms with E-state index in [2.05, 4.69) is 175 Å². The van der Waals surface area contributed by atoms with Crippen molar-refractivity contribution in [1.29, 1.82) is 0 Å². The lowest BCUT2D eigenvalue weighted by atomic mass is 9.73. The highest BCUT2D eigenvalue weighted by atomic mass is 15.1. The molecule has 11 aromatic rings. The van der Waals surface area contributed by atoms with Crippen molar-refractivity contribution in [2.75, 3.05) is 4.90 Å². The van der Waals surface area contributed by atoms with E-state index in [-0.39, 0.29) is 5.41 Å². The van der Waals surface area contributed by atoms with E-state index in [1.54, 1.807) is 0 Å². The van der Waals surface area contributed by atoms with E-state index < -0.39 is 0 Å². The molecule has 0 N–H and O–H groups in total. The van der Waals surface area contributed by atoms with Crippen molar-refractivity contribution < 1.29 is 0 Å². The third-order valence-electron chi connectivity index (χ3n) is 12.8. The van der Waals surface area contributed by atoms with Crippen LogP contribution in [-0.4, -0.2) is 19.5 Å². The molecule has 0 saturated heterocycles. The van der Waals surface area contributed by atoms with Crippen LogP contribution < -0.4 is 4.90 Å². The fourth-order valence-corrected chi connectivity index (χ4v) is 9.69. The summed E-state index contributed by atoms with van der Waals surface area (Å²) in [4.78, 5) is 17.4. The average Bonchev–Trinajstić information content (AvgIpc) is 3.69. The van der Waals surface area contributed by atoms with Crippen molar-refractivity contribution in [2.24, 2.45) is 0 Å². The van der Waals surface area contributed by atoms with Crippen LogP contribution in [-0.2, 0) is 5.41 Å². The molecule has 0 saturated carbocycles. The van der Waals surface area contributed by atoms with Crippen molar-refractivity contribution in [3.05, 3.63) is 223 Å². The van der Waals surface area contributed by atoms with Gasteiger partial charge in [-0.1, -0.05) is 166 Å². The molecule has 1 aliphatic heterocycles. The van der Waals surface area contributed by atoms with E-state index in [0.29, 0.717) is 17.5 Å². The molecule has 3 heterocycles. The fourth-order valence-electron chi connectivity index (χ4n) is 9.69. The van der Waals surface area contributed by atoms with Gasteiger partial charge in [0.1, 0.15) is 0 Å². The van der Waals surface area contributed by atoms with Crippen LogP contribution in [0.15, 0.2) is 212 Å². The van der Waals surface area contributed by atoms with Gasteiger partial charge in [0.15, 0.2) is 17.5 Å². The minimum absolute atomic E-state index is 0.361. The van der Waals surface area contributed by atoms with E-state index >= 15 is 0 Å². The minimum Gasteiger partial charge on any atom is -0.310 e. The first-order chi connectivity index (χ1) is 31.0. The summed E-state index contributed by atoms with van der Waals surface area (Å²) in [5.41, 5.74) is 14.3. The van der Waals surface area contributed by atoms with Gasteiger partial charge in [0.25, 0.3) is 0 Å². The Bertz CT molecular complexity index is 3430. The summed E-state index contributed by atoms with van der Waals surface area (Å²) in [7, 11) is 0. The van der Waals surface area contributed by atoms with E-state index in [1.165, 1.54) is 49.4 Å². The molecular formula is C58H41N5. The number of nitrogens with zero attached hydrogens (tertiary/aromatic N) is 5. The Morgan fingerprint density at radius 3 is 1.59 bits per heavy atom. The summed E-state index contributed by atoms with van der Waals surface area (Å²) in [6, 6.07) is 75.6. The number of rotatable bonds is 7. The normalized spacial score (nSPS) is 12.7. The van der Waals surface area contributed by atoms with Gasteiger partial charge < -0.3 is 9.47 Å². The standard InChI is InChI=1S/C58H41N5/c1-58(2)49-35-42(41-23-17-24-43(34-41)57-60-55(39-19-7-3-8-20-39)59-56(61-57)40-21-9-4-10-22-40)31-32-51(49)63-52-33-30-38-18-15-16-29-47(38)53(52)48-36-46(37-50(58)54(48)63)62(44-25-11-5-12-26-44)45-27-13-6-14-28-45/h3-37H,1-2H3. The van der Waals surface area contributed by atoms with Crippen LogP contribution in [0.25, 0.3) is 83.6 Å². The fraction of sp³-hybridized carbons (Fsp3) is 0.0517. The third-order valence-corrected chi connectivity index (χ3v) is 12.8. The summed E-state index contributed by atoms with van der Waals surface area (Å²) in [5, 5.41) is 5.02. The highest BCUT2D eigenvalue weighted by molar-refractivity contribution is 6.23. The second kappa shape index (κ2) is 14.5. The Balaban J connectivity index is 1.05. The van der Waals surface area contributed by atoms with E-state index in [1.807, 2.05) is 60.7 Å². The minimum atomic E-state index is -0.361. The zero-order valence-corrected chi connectivity index (χ0v) is 34.9. The van der Waals surface area contributed by atoms with Gasteiger partial charge in [0.2, 0.25) is 0 Å². The Labute approximate surface area is 366 Å². The second-order valence-electron chi connectivity index (χ2n) is 16.9. The summed E-state index contributed by atoms with van der Waals surface area (Å²) >= 11 is 0. The zero-order valence-electron chi connectivity index (χ0n) is 34.9. The lowest BCUT2D eigenvalue weighted by Gasteiger charge is -2.36. The van der Waals surface area contributed by atoms with Gasteiger partial charge in [-0.2, -0.15) is 0 Å². The smallest absolute Gasteiger partial charge is 0.164 e. The summed E-state index contributed by atoms with van der Waals surface area (Å²) < 4.78 is 2.52. The van der Waals surface area contributed by atoms with Gasteiger partial charge in [-0.05, 0) is 93.7 Å². The first-order valence-electron chi connectivity index (χ1n) is 21.5. The first kappa shape index (κ1) is 36.7. The molecule has 0 aliphatic carbocycles. The Kier molecular flexibility index (Phi) is 8.44. The molecule has 0 bridgehead atoms. The van der Waals surface area contributed by atoms with Crippen molar-refractivity contribution in [1.82, 2.24) is 19.5 Å². The molecule has 0 amide bonds. The quantitative estimate of drug-likeness (QED) is 0.161. The van der Waals surface area contributed by atoms with Crippen LogP contribution in [0.2, 0.25) is 0 Å². The van der Waals surface area contributed by atoms with Crippen molar-refractivity contribution >= 4 is 49.6 Å². The van der Waals surface area contributed by atoms with Crippen LogP contribution >= 0.6 is 0 Å². The number of benzene rings is 9. The SMILES string of the molecule is CC1(C)c2cc(-c3cccc(-c4nc(-c5ccccc5)nc(-c5ccccc5)n4)c3)ccc2-n2c3ccc4ccccc4c3c3cc(N(c4ccccc4)c4ccccc4)cc1c32. The number of hydrogen-bond acceptors (Lipinski definition) is 4. The highest BCUT2D eigenvalue weighted by Crippen LogP contribution is 2.52. The zero-order chi connectivity index (χ0) is 42.1. The number of anilines is 3. The lowest BCUT2D eigenvalue weighted by molar-refractivity contribution is 0.630.